The van der Waals surface area contributed by atoms with E-state index in [1.165, 1.54) is 11.3 Å². The van der Waals surface area contributed by atoms with Gasteiger partial charge >= 0.3 is 0 Å². The molecule has 3 aromatic heterocycles. The third-order valence-corrected chi connectivity index (χ3v) is 3.39. The minimum absolute atomic E-state index is 0. The van der Waals surface area contributed by atoms with Crippen LogP contribution in [0.1, 0.15) is 0 Å². The predicted octanol–water partition coefficient (Wildman–Crippen LogP) is 2.83. The first kappa shape index (κ1) is 22.5. The zero-order valence-corrected chi connectivity index (χ0v) is 14.4. The number of thiophene rings is 2. The summed E-state index contributed by atoms with van der Waals surface area (Å²) in [6, 6.07) is 0. The van der Waals surface area contributed by atoms with Gasteiger partial charge in [0.1, 0.15) is 0 Å². The van der Waals surface area contributed by atoms with E-state index in [4.69, 9.17) is 21.1 Å². The van der Waals surface area contributed by atoms with Crippen molar-refractivity contribution in [3.05, 3.63) is 33.9 Å². The molecule has 22 heavy (non-hydrogen) atoms. The van der Waals surface area contributed by atoms with Crippen LogP contribution in [0.15, 0.2) is 33.9 Å². The van der Waals surface area contributed by atoms with E-state index < -0.39 is 0 Å². The molecule has 0 saturated carbocycles. The highest BCUT2D eigenvalue weighted by Crippen LogP contribution is 2.17. The highest BCUT2D eigenvalue weighted by molar-refractivity contribution is 7.09. The van der Waals surface area contributed by atoms with E-state index in [2.05, 4.69) is 9.97 Å². The number of nitrogens with two attached hydrogens (primary N) is 2. The zero-order chi connectivity index (χ0) is 14.8. The number of fused-ring (bicyclic) bond motifs is 1. The molecule has 0 bridgehead atoms. The molecule has 3 rings (SSSR count). The zero-order valence-electron chi connectivity index (χ0n) is 11.1. The number of carbonyl (C=O) groups is 2. The Morgan fingerprint density at radius 3 is 1.41 bits per heavy atom. The number of hydrogen-bond acceptors (Lipinski definition) is 8. The molecule has 6 nitrogen and oxygen atoms in total. The summed E-state index contributed by atoms with van der Waals surface area (Å²) in [5.41, 5.74) is 14.0. The van der Waals surface area contributed by atoms with Crippen molar-refractivity contribution >= 4 is 82.5 Å². The Bertz CT molecular complexity index is 623. The second kappa shape index (κ2) is 13.0. The summed E-state index contributed by atoms with van der Waals surface area (Å²) in [6.45, 7) is 0. The number of nitrogens with zero attached hydrogens (tertiary/aromatic N) is 2. The quantitative estimate of drug-likeness (QED) is 0.495. The summed E-state index contributed by atoms with van der Waals surface area (Å²) in [5, 5.41) is 7.61. The van der Waals surface area contributed by atoms with Gasteiger partial charge in [0.15, 0.2) is 12.6 Å². The predicted molar refractivity (Wildman–Crippen MR) is 97.2 cm³/mol. The van der Waals surface area contributed by atoms with E-state index >= 15 is 0 Å². The van der Waals surface area contributed by atoms with Crippen LogP contribution in [0.5, 0.6) is 0 Å². The Hall–Kier alpha value is -1.74. The Kier molecular flexibility index (Phi) is 13.3. The summed E-state index contributed by atoms with van der Waals surface area (Å²) in [7, 11) is 0. The fourth-order valence-corrected chi connectivity index (χ4v) is 2.34. The van der Waals surface area contributed by atoms with Crippen LogP contribution >= 0.6 is 47.5 Å². The molecule has 0 amide bonds. The number of carbonyl (C=O) groups excluding carboxylic acids is 2. The number of halogens is 2. The standard InChI is InChI=1S/C6H4N2S.C4H6N2S.C2H2O2.2ClH/c1-2-8-6-4-9-3-5(6)7-1;5-3-1-7-2-4(3)6;3-1-2-4;;/h1-4H;1-2H,5-6H2;1-2H;2*1H. The molecule has 4 N–H and O–H groups in total. The third kappa shape index (κ3) is 7.89. The average Bonchev–Trinajstić information content (AvgIpc) is 3.09. The van der Waals surface area contributed by atoms with Crippen LogP contribution in [0, 0.1) is 0 Å². The molecule has 3 heterocycles. The van der Waals surface area contributed by atoms with E-state index in [-0.39, 0.29) is 37.4 Å². The average molecular weight is 381 g/mol. The molecule has 0 unspecified atom stereocenters. The number of nitrogen functional groups attached to an aromatic ring is 2. The van der Waals surface area contributed by atoms with Gasteiger partial charge in [0.2, 0.25) is 0 Å². The van der Waals surface area contributed by atoms with Crippen LogP contribution in [0.25, 0.3) is 11.0 Å². The molecule has 0 fully saturated rings. The molecule has 0 aliphatic carbocycles. The van der Waals surface area contributed by atoms with Crippen LogP contribution in [-0.4, -0.2) is 22.5 Å². The monoisotopic (exact) mass is 380 g/mol. The molecular weight excluding hydrogens is 367 g/mol. The summed E-state index contributed by atoms with van der Waals surface area (Å²) in [4.78, 5) is 25.8. The molecule has 0 aliphatic heterocycles. The van der Waals surface area contributed by atoms with Gasteiger partial charge in [0.05, 0.1) is 22.4 Å². The second-order valence-electron chi connectivity index (χ2n) is 3.25. The fourth-order valence-electron chi connectivity index (χ4n) is 1.02. The lowest BCUT2D eigenvalue weighted by Gasteiger charge is -1.82. The minimum Gasteiger partial charge on any atom is -0.396 e. The molecule has 3 aromatic rings. The topological polar surface area (TPSA) is 112 Å². The third-order valence-electron chi connectivity index (χ3n) is 1.89. The number of aldehydes is 2. The van der Waals surface area contributed by atoms with Gasteiger partial charge < -0.3 is 11.5 Å². The van der Waals surface area contributed by atoms with Crippen molar-refractivity contribution < 1.29 is 9.59 Å². The summed E-state index contributed by atoms with van der Waals surface area (Å²) in [6.07, 6.45) is 3.80. The SMILES string of the molecule is Cl.Cl.Nc1cscc1N.O=CC=O.c1cnc2cscc2n1. The van der Waals surface area contributed by atoms with Crippen molar-refractivity contribution in [3.63, 3.8) is 0 Å². The lowest BCUT2D eigenvalue weighted by Crippen LogP contribution is -1.87. The van der Waals surface area contributed by atoms with Crippen LogP contribution in [0.2, 0.25) is 0 Å². The van der Waals surface area contributed by atoms with E-state index in [0.29, 0.717) is 11.4 Å². The molecule has 0 aromatic carbocycles. The Morgan fingerprint density at radius 2 is 1.14 bits per heavy atom. The fraction of sp³-hybridized carbons (Fsp3) is 0. The van der Waals surface area contributed by atoms with Gasteiger partial charge in [-0.1, -0.05) is 0 Å². The van der Waals surface area contributed by atoms with E-state index in [0.717, 1.165) is 11.0 Å². The lowest BCUT2D eigenvalue weighted by atomic mass is 10.5. The number of anilines is 2. The maximum atomic E-state index is 8.81. The molecule has 10 heteroatoms. The number of hydrogen-bond donors (Lipinski definition) is 2. The van der Waals surface area contributed by atoms with Crippen molar-refractivity contribution in [3.8, 4) is 0 Å². The molecule has 0 saturated heterocycles. The molecule has 0 radical (unpaired) electrons. The Labute approximate surface area is 147 Å². The van der Waals surface area contributed by atoms with Crippen LogP contribution in [0.3, 0.4) is 0 Å². The lowest BCUT2D eigenvalue weighted by molar-refractivity contribution is -0.122. The Balaban J connectivity index is 0. The van der Waals surface area contributed by atoms with Crippen molar-refractivity contribution in [2.24, 2.45) is 0 Å². The molecule has 0 aliphatic rings. The molecular formula is C12H14Cl2N4O2S2. The highest BCUT2D eigenvalue weighted by atomic mass is 35.5. The van der Waals surface area contributed by atoms with Gasteiger partial charge in [0.25, 0.3) is 0 Å². The summed E-state index contributed by atoms with van der Waals surface area (Å²) < 4.78 is 0. The first-order valence-electron chi connectivity index (χ1n) is 5.28. The minimum atomic E-state index is 0. The second-order valence-corrected chi connectivity index (χ2v) is 4.74. The van der Waals surface area contributed by atoms with E-state index in [1.54, 1.807) is 23.7 Å². The van der Waals surface area contributed by atoms with E-state index in [1.807, 2.05) is 21.5 Å². The maximum Gasteiger partial charge on any atom is 0.182 e. The van der Waals surface area contributed by atoms with Gasteiger partial charge in [-0.15, -0.1) is 47.5 Å². The molecule has 0 spiro atoms. The first-order valence-corrected chi connectivity index (χ1v) is 7.16. The smallest absolute Gasteiger partial charge is 0.182 e. The number of aromatic nitrogens is 2. The number of rotatable bonds is 1. The van der Waals surface area contributed by atoms with Crippen molar-refractivity contribution in [1.29, 1.82) is 0 Å². The largest absolute Gasteiger partial charge is 0.396 e. The summed E-state index contributed by atoms with van der Waals surface area (Å²) >= 11 is 3.14. The van der Waals surface area contributed by atoms with Crippen molar-refractivity contribution in [2.75, 3.05) is 11.5 Å². The summed E-state index contributed by atoms with van der Waals surface area (Å²) in [5.74, 6) is 0. The van der Waals surface area contributed by atoms with Crippen LogP contribution in [0.4, 0.5) is 11.4 Å². The van der Waals surface area contributed by atoms with Gasteiger partial charge in [0, 0.05) is 33.9 Å². The van der Waals surface area contributed by atoms with Crippen molar-refractivity contribution in [2.45, 2.75) is 0 Å². The van der Waals surface area contributed by atoms with E-state index in [9.17, 15) is 0 Å². The molecule has 0 atom stereocenters. The Morgan fingerprint density at radius 1 is 0.773 bits per heavy atom. The van der Waals surface area contributed by atoms with Crippen LogP contribution < -0.4 is 11.5 Å². The van der Waals surface area contributed by atoms with Gasteiger partial charge in [-0.25, -0.2) is 0 Å². The van der Waals surface area contributed by atoms with Crippen LogP contribution in [-0.2, 0) is 9.59 Å². The normalized spacial score (nSPS) is 8.00. The van der Waals surface area contributed by atoms with Gasteiger partial charge in [-0.3, -0.25) is 19.6 Å². The van der Waals surface area contributed by atoms with Crippen molar-refractivity contribution in [1.82, 2.24) is 9.97 Å². The highest BCUT2D eigenvalue weighted by Gasteiger charge is 1.91. The first-order chi connectivity index (χ1) is 9.69. The molecule has 120 valence electrons. The van der Waals surface area contributed by atoms with Gasteiger partial charge in [-0.2, -0.15) is 0 Å². The van der Waals surface area contributed by atoms with Gasteiger partial charge in [-0.05, 0) is 0 Å². The maximum absolute atomic E-state index is 8.81.